The smallest absolute Gasteiger partial charge is 1.00 e. The molecule has 0 amide bonds. The summed E-state index contributed by atoms with van der Waals surface area (Å²) in [6.07, 6.45) is 0. The molecule has 0 aliphatic carbocycles. The van der Waals surface area contributed by atoms with E-state index in [1.165, 1.54) is 34.7 Å². The summed E-state index contributed by atoms with van der Waals surface area (Å²) >= 11 is 0. The molecule has 0 saturated heterocycles. The van der Waals surface area contributed by atoms with Crippen LogP contribution in [-0.4, -0.2) is 34.7 Å². The molecular weight excluding hydrogens is 850 g/mol. The largest absolute Gasteiger partial charge is 5.00 e. The van der Waals surface area contributed by atoms with Crippen molar-refractivity contribution in [3.8, 4) is 17.2 Å². The molecule has 2 aromatic carbocycles. The van der Waals surface area contributed by atoms with E-state index in [9.17, 15) is 0 Å². The van der Waals surface area contributed by atoms with Gasteiger partial charge in [-0.05, 0) is 61.2 Å². The number of rotatable bonds is 5. The zero-order valence-electron chi connectivity index (χ0n) is 26.6. The second kappa shape index (κ2) is 24.9. The topological polar surface area (TPSA) is 23.8 Å². The first-order valence-corrected chi connectivity index (χ1v) is 13.8. The van der Waals surface area contributed by atoms with Crippen LogP contribution in [0.3, 0.4) is 0 Å². The van der Waals surface area contributed by atoms with Gasteiger partial charge in [0, 0.05) is 29.3 Å². The van der Waals surface area contributed by atoms with Crippen LogP contribution in [0.5, 0.6) is 0 Å². The zero-order chi connectivity index (χ0) is 25.7. The molecule has 0 bridgehead atoms. The SMILES string of the molecule is CC#N.CC(C)c1cc(C(C)C)c(-c2ccccc2P(C(C)(C)C)C(C)(C)C)c(C(C)C)c1.F.[Au].[F-].[F-].[F-].[F-].[F-].[Sb+5]. The molecule has 1 radical (unpaired) electrons. The standard InChI is InChI=1S/C29H45P.C2H3N.Au.6FH.Sb/c1-19(2)22-17-24(20(3)4)27(25(18-22)21(5)6)23-15-13-14-16-26(23)30(28(7,8)9)29(10,11)12;1-2-3;;;;;;;;/h13-21H,1-12H3;1H3;;6*1H;/q;;;;;;;;;+5/p-5. The van der Waals surface area contributed by atoms with Gasteiger partial charge in [-0.2, -0.15) is 5.26 Å². The zero-order valence-corrected chi connectivity index (χ0v) is 32.3. The van der Waals surface area contributed by atoms with Crippen LogP contribution in [0.4, 0.5) is 4.70 Å². The molecular formula is C31H49AuF6NPSb. The van der Waals surface area contributed by atoms with Gasteiger partial charge < -0.3 is 23.5 Å². The Morgan fingerprint density at radius 3 is 1.27 bits per heavy atom. The second-order valence-corrected chi connectivity index (χ2v) is 15.8. The van der Waals surface area contributed by atoms with E-state index in [0.717, 1.165) is 0 Å². The van der Waals surface area contributed by atoms with Gasteiger partial charge in [0.1, 0.15) is 0 Å². The molecule has 1 nitrogen and oxygen atoms in total. The third-order valence-corrected chi connectivity index (χ3v) is 9.44. The number of benzene rings is 2. The minimum absolute atomic E-state index is 0. The number of hydrogen-bond acceptors (Lipinski definition) is 1. The first kappa shape index (κ1) is 59.8. The number of hydrogen-bond donors (Lipinski definition) is 0. The van der Waals surface area contributed by atoms with Crippen molar-refractivity contribution in [3.05, 3.63) is 53.1 Å². The fourth-order valence-electron chi connectivity index (χ4n) is 4.88. The van der Waals surface area contributed by atoms with Gasteiger partial charge in [-0.3, -0.25) is 4.70 Å². The van der Waals surface area contributed by atoms with Gasteiger partial charge in [0.05, 0.1) is 6.07 Å². The van der Waals surface area contributed by atoms with Gasteiger partial charge in [0.2, 0.25) is 0 Å². The van der Waals surface area contributed by atoms with Gasteiger partial charge in [0.25, 0.3) is 0 Å². The molecule has 10 heteroatoms. The van der Waals surface area contributed by atoms with Crippen molar-refractivity contribution in [3.63, 3.8) is 0 Å². The number of nitrogens with zero attached hydrogens (tertiary/aromatic N) is 1. The van der Waals surface area contributed by atoms with Crippen molar-refractivity contribution in [2.24, 2.45) is 0 Å². The van der Waals surface area contributed by atoms with Crippen LogP contribution in [0.15, 0.2) is 36.4 Å². The molecule has 0 heterocycles. The molecule has 0 aromatic heterocycles. The number of nitriles is 1. The van der Waals surface area contributed by atoms with Crippen LogP contribution in [0.2, 0.25) is 0 Å². The molecule has 241 valence electrons. The molecule has 0 atom stereocenters. The summed E-state index contributed by atoms with van der Waals surface area (Å²) < 4.78 is 0. The summed E-state index contributed by atoms with van der Waals surface area (Å²) in [6.45, 7) is 30.0. The van der Waals surface area contributed by atoms with Crippen LogP contribution in [0, 0.1) is 11.3 Å². The van der Waals surface area contributed by atoms with Gasteiger partial charge in [-0.1, -0.05) is 127 Å². The first-order chi connectivity index (χ1) is 15.1. The van der Waals surface area contributed by atoms with E-state index >= 15 is 0 Å². The van der Waals surface area contributed by atoms with Gasteiger partial charge in [-0.15, -0.1) is 0 Å². The third kappa shape index (κ3) is 16.2. The van der Waals surface area contributed by atoms with E-state index < -0.39 is 0 Å². The van der Waals surface area contributed by atoms with Gasteiger partial charge in [-0.25, -0.2) is 0 Å². The Kier molecular flexibility index (Phi) is 36.3. The summed E-state index contributed by atoms with van der Waals surface area (Å²) in [5.41, 5.74) is 7.46. The van der Waals surface area contributed by atoms with Crippen LogP contribution in [-0.2, 0) is 22.4 Å². The van der Waals surface area contributed by atoms with Crippen molar-refractivity contribution in [2.45, 2.75) is 118 Å². The maximum absolute atomic E-state index is 7.32. The van der Waals surface area contributed by atoms with Gasteiger partial charge in [0.15, 0.2) is 0 Å². The summed E-state index contributed by atoms with van der Waals surface area (Å²) in [6, 6.07) is 16.0. The molecule has 2 aromatic rings. The fourth-order valence-corrected chi connectivity index (χ4v) is 9.00. The molecule has 41 heavy (non-hydrogen) atoms. The number of halogens is 6. The van der Waals surface area contributed by atoms with Gasteiger partial charge >= 0.3 is 24.4 Å². The average molecular weight is 899 g/mol. The Bertz CT molecular complexity index is 941. The van der Waals surface area contributed by atoms with Crippen LogP contribution in [0.25, 0.3) is 11.1 Å². The van der Waals surface area contributed by atoms with Crippen molar-refractivity contribution >= 4 is 37.7 Å². The van der Waals surface area contributed by atoms with E-state index in [4.69, 9.17) is 5.26 Å². The quantitative estimate of drug-likeness (QED) is 0.168. The normalized spacial score (nSPS) is 9.85. The summed E-state index contributed by atoms with van der Waals surface area (Å²) in [4.78, 5) is 0. The third-order valence-electron chi connectivity index (χ3n) is 5.89. The summed E-state index contributed by atoms with van der Waals surface area (Å²) in [5.74, 6) is 1.55. The molecule has 0 spiro atoms. The minimum atomic E-state index is -0.366. The molecule has 0 aliphatic rings. The van der Waals surface area contributed by atoms with Crippen molar-refractivity contribution in [1.82, 2.24) is 0 Å². The fraction of sp³-hybridized carbons (Fsp3) is 0.581. The van der Waals surface area contributed by atoms with E-state index in [1.54, 1.807) is 11.4 Å². The van der Waals surface area contributed by atoms with E-state index in [-0.39, 0.29) is 93.3 Å². The summed E-state index contributed by atoms with van der Waals surface area (Å²) in [5, 5.41) is 9.38. The van der Waals surface area contributed by atoms with Crippen LogP contribution < -0.4 is 28.8 Å². The molecule has 0 saturated carbocycles. The summed E-state index contributed by atoms with van der Waals surface area (Å²) in [7, 11) is -0.366. The Morgan fingerprint density at radius 1 is 0.683 bits per heavy atom. The maximum atomic E-state index is 7.32. The Hall–Kier alpha value is -0.502. The van der Waals surface area contributed by atoms with Crippen molar-refractivity contribution in [2.75, 3.05) is 0 Å². The minimum Gasteiger partial charge on any atom is -1.00 e. The second-order valence-electron chi connectivity index (χ2n) is 12.0. The van der Waals surface area contributed by atoms with E-state index in [0.29, 0.717) is 17.8 Å². The molecule has 0 fully saturated rings. The predicted octanol–water partition coefficient (Wildman–Crippen LogP) is -5.25. The Morgan fingerprint density at radius 2 is 1.00 bits per heavy atom. The molecule has 0 N–H and O–H groups in total. The molecule has 2 rings (SSSR count). The maximum Gasteiger partial charge on any atom is 5.00 e. The Labute approximate surface area is 280 Å². The predicted molar refractivity (Wildman–Crippen MR) is 160 cm³/mol. The monoisotopic (exact) mass is 898 g/mol. The van der Waals surface area contributed by atoms with Crippen LogP contribution >= 0.6 is 7.92 Å². The first-order valence-electron chi connectivity index (χ1n) is 12.5. The van der Waals surface area contributed by atoms with Crippen molar-refractivity contribution in [1.29, 1.82) is 5.26 Å². The van der Waals surface area contributed by atoms with E-state index in [2.05, 4.69) is 119 Å². The molecule has 0 unspecified atom stereocenters. The van der Waals surface area contributed by atoms with E-state index in [1.807, 2.05) is 0 Å². The molecule has 0 aliphatic heterocycles. The van der Waals surface area contributed by atoms with Crippen LogP contribution in [0.1, 0.15) is 124 Å². The Balaban J connectivity index is -0.000000158. The van der Waals surface area contributed by atoms with Crippen molar-refractivity contribution < 1.29 is 50.6 Å². The average Bonchev–Trinajstić information content (AvgIpc) is 2.65.